The van der Waals surface area contributed by atoms with E-state index in [1.54, 1.807) is 0 Å². The van der Waals surface area contributed by atoms with Gasteiger partial charge in [0.1, 0.15) is 6.04 Å². The molecule has 1 saturated heterocycles. The van der Waals surface area contributed by atoms with Gasteiger partial charge in [-0.25, -0.2) is 4.79 Å². The fraction of sp³-hybridized carbons (Fsp3) is 0.600. The lowest BCUT2D eigenvalue weighted by molar-refractivity contribution is -0.141. The molecule has 0 saturated carbocycles. The van der Waals surface area contributed by atoms with E-state index in [-0.39, 0.29) is 22.9 Å². The van der Waals surface area contributed by atoms with Gasteiger partial charge in [-0.2, -0.15) is 15.4 Å². The maximum Gasteiger partial charge on any atom is 0.327 e. The number of amides is 1. The Bertz CT molecular complexity index is 448. The molecule has 8 heteroatoms. The number of carbonyl (C=O) groups excluding carboxylic acids is 1. The lowest BCUT2D eigenvalue weighted by Gasteiger charge is -2.28. The number of aromatic nitrogens is 3. The summed E-state index contributed by atoms with van der Waals surface area (Å²) in [4.78, 5) is 24.9. The van der Waals surface area contributed by atoms with Crippen molar-refractivity contribution in [3.8, 4) is 0 Å². The van der Waals surface area contributed by atoms with E-state index in [9.17, 15) is 14.7 Å². The van der Waals surface area contributed by atoms with Crippen molar-refractivity contribution in [2.24, 2.45) is 5.92 Å². The minimum absolute atomic E-state index is 0.143. The average molecular weight is 270 g/mol. The Kier molecular flexibility index (Phi) is 3.55. The molecule has 0 radical (unpaired) electrons. The SMILES string of the molecule is CC(C)C1SCC(C(=O)O)N1C(=O)c1cn[nH]n1. The molecule has 2 unspecified atom stereocenters. The number of thioether (sulfide) groups is 1. The Labute approximate surface area is 108 Å². The summed E-state index contributed by atoms with van der Waals surface area (Å²) in [6, 6.07) is -0.799. The molecular formula is C10H14N4O3S. The Morgan fingerprint density at radius 2 is 2.33 bits per heavy atom. The molecule has 2 N–H and O–H groups in total. The zero-order valence-electron chi connectivity index (χ0n) is 10.0. The van der Waals surface area contributed by atoms with Crippen LogP contribution in [-0.4, -0.2) is 54.5 Å². The van der Waals surface area contributed by atoms with E-state index < -0.39 is 12.0 Å². The number of nitrogens with one attached hydrogen (secondary N) is 1. The first-order valence-electron chi connectivity index (χ1n) is 5.55. The number of H-pyrrole nitrogens is 1. The highest BCUT2D eigenvalue weighted by Gasteiger charge is 2.43. The molecule has 2 rings (SSSR count). The number of nitrogens with zero attached hydrogens (tertiary/aromatic N) is 3. The third kappa shape index (κ3) is 2.20. The van der Waals surface area contributed by atoms with Crippen molar-refractivity contribution < 1.29 is 14.7 Å². The Balaban J connectivity index is 2.29. The molecule has 1 aromatic heterocycles. The normalized spacial score (nSPS) is 23.6. The molecular weight excluding hydrogens is 256 g/mol. The number of carbonyl (C=O) groups is 2. The van der Waals surface area contributed by atoms with Gasteiger partial charge < -0.3 is 10.0 Å². The summed E-state index contributed by atoms with van der Waals surface area (Å²) in [7, 11) is 0. The minimum atomic E-state index is -0.984. The first-order valence-corrected chi connectivity index (χ1v) is 6.60. The number of carboxylic acid groups (broad SMARTS) is 1. The van der Waals surface area contributed by atoms with E-state index in [0.29, 0.717) is 5.75 Å². The van der Waals surface area contributed by atoms with Gasteiger partial charge in [0.15, 0.2) is 5.69 Å². The Morgan fingerprint density at radius 1 is 1.61 bits per heavy atom. The molecule has 0 bridgehead atoms. The van der Waals surface area contributed by atoms with Crippen LogP contribution in [0.5, 0.6) is 0 Å². The molecule has 18 heavy (non-hydrogen) atoms. The molecule has 0 aromatic carbocycles. The van der Waals surface area contributed by atoms with Gasteiger partial charge in [0.25, 0.3) is 5.91 Å². The van der Waals surface area contributed by atoms with Crippen molar-refractivity contribution in [1.29, 1.82) is 0 Å². The summed E-state index contributed by atoms with van der Waals surface area (Å²) in [5.41, 5.74) is 0.148. The van der Waals surface area contributed by atoms with Crippen LogP contribution in [0.25, 0.3) is 0 Å². The van der Waals surface area contributed by atoms with E-state index in [1.807, 2.05) is 13.8 Å². The third-order valence-electron chi connectivity index (χ3n) is 2.76. The zero-order chi connectivity index (χ0) is 13.3. The van der Waals surface area contributed by atoms with Crippen LogP contribution in [0.1, 0.15) is 24.3 Å². The molecule has 1 fully saturated rings. The number of hydrogen-bond donors (Lipinski definition) is 2. The average Bonchev–Trinajstić information content (AvgIpc) is 2.97. The van der Waals surface area contributed by atoms with Crippen molar-refractivity contribution in [1.82, 2.24) is 20.3 Å². The van der Waals surface area contributed by atoms with Gasteiger partial charge in [0, 0.05) is 5.75 Å². The standard InChI is InChI=1S/C10H14N4O3S/c1-5(2)9-14(7(4-18-9)10(16)17)8(15)6-3-11-13-12-6/h3,5,7,9H,4H2,1-2H3,(H,16,17)(H,11,12,13). The number of hydrogen-bond acceptors (Lipinski definition) is 5. The number of rotatable bonds is 3. The predicted molar refractivity (Wildman–Crippen MR) is 65.1 cm³/mol. The number of aliphatic carboxylic acids is 1. The molecule has 2 heterocycles. The van der Waals surface area contributed by atoms with Crippen LogP contribution in [-0.2, 0) is 4.79 Å². The second kappa shape index (κ2) is 4.97. The maximum atomic E-state index is 12.3. The number of aromatic amines is 1. The zero-order valence-corrected chi connectivity index (χ0v) is 10.8. The second-order valence-electron chi connectivity index (χ2n) is 4.39. The van der Waals surface area contributed by atoms with Crippen LogP contribution in [0.3, 0.4) is 0 Å². The van der Waals surface area contributed by atoms with Crippen LogP contribution in [0.2, 0.25) is 0 Å². The molecule has 2 atom stereocenters. The predicted octanol–water partition coefficient (Wildman–Crippen LogP) is 0.429. The summed E-state index contributed by atoms with van der Waals surface area (Å²) in [5, 5.41) is 18.7. The van der Waals surface area contributed by atoms with Gasteiger partial charge >= 0.3 is 5.97 Å². The number of carboxylic acids is 1. The van der Waals surface area contributed by atoms with Crippen molar-refractivity contribution in [3.05, 3.63) is 11.9 Å². The monoisotopic (exact) mass is 270 g/mol. The molecule has 0 spiro atoms. The van der Waals surface area contributed by atoms with Gasteiger partial charge in [-0.3, -0.25) is 4.79 Å². The molecule has 1 aliphatic heterocycles. The molecule has 1 aromatic rings. The third-order valence-corrected chi connectivity index (χ3v) is 4.38. The van der Waals surface area contributed by atoms with Crippen LogP contribution < -0.4 is 0 Å². The van der Waals surface area contributed by atoms with Crippen molar-refractivity contribution in [2.75, 3.05) is 5.75 Å². The maximum absolute atomic E-state index is 12.3. The Morgan fingerprint density at radius 3 is 2.83 bits per heavy atom. The van der Waals surface area contributed by atoms with E-state index in [4.69, 9.17) is 0 Å². The summed E-state index contributed by atoms with van der Waals surface area (Å²) in [6.45, 7) is 3.93. The minimum Gasteiger partial charge on any atom is -0.480 e. The molecule has 1 amide bonds. The largest absolute Gasteiger partial charge is 0.480 e. The van der Waals surface area contributed by atoms with Gasteiger partial charge in [-0.1, -0.05) is 13.8 Å². The van der Waals surface area contributed by atoms with Gasteiger partial charge in [-0.05, 0) is 5.92 Å². The lowest BCUT2D eigenvalue weighted by Crippen LogP contribution is -2.47. The quantitative estimate of drug-likeness (QED) is 0.826. The van der Waals surface area contributed by atoms with Gasteiger partial charge in [0.2, 0.25) is 0 Å². The van der Waals surface area contributed by atoms with Gasteiger partial charge in [0.05, 0.1) is 11.6 Å². The fourth-order valence-corrected chi connectivity index (χ4v) is 3.40. The topological polar surface area (TPSA) is 99.2 Å². The van der Waals surface area contributed by atoms with Crippen LogP contribution >= 0.6 is 11.8 Å². The van der Waals surface area contributed by atoms with Crippen LogP contribution in [0.4, 0.5) is 0 Å². The van der Waals surface area contributed by atoms with E-state index in [2.05, 4.69) is 15.4 Å². The van der Waals surface area contributed by atoms with Gasteiger partial charge in [-0.15, -0.1) is 11.8 Å². The Hall–Kier alpha value is -1.57. The first-order chi connectivity index (χ1) is 8.52. The van der Waals surface area contributed by atoms with Crippen LogP contribution in [0, 0.1) is 5.92 Å². The van der Waals surface area contributed by atoms with Crippen molar-refractivity contribution in [2.45, 2.75) is 25.3 Å². The highest BCUT2D eigenvalue weighted by molar-refractivity contribution is 8.00. The second-order valence-corrected chi connectivity index (χ2v) is 5.54. The molecule has 0 aliphatic carbocycles. The van der Waals surface area contributed by atoms with E-state index >= 15 is 0 Å². The highest BCUT2D eigenvalue weighted by Crippen LogP contribution is 2.34. The van der Waals surface area contributed by atoms with Crippen molar-refractivity contribution >= 4 is 23.6 Å². The first kappa shape index (κ1) is 12.9. The van der Waals surface area contributed by atoms with E-state index in [1.165, 1.54) is 22.9 Å². The van der Waals surface area contributed by atoms with Crippen molar-refractivity contribution in [3.63, 3.8) is 0 Å². The summed E-state index contributed by atoms with van der Waals surface area (Å²) < 4.78 is 0. The van der Waals surface area contributed by atoms with Crippen LogP contribution in [0.15, 0.2) is 6.20 Å². The lowest BCUT2D eigenvalue weighted by atomic mass is 10.1. The fourth-order valence-electron chi connectivity index (χ4n) is 1.93. The molecule has 98 valence electrons. The summed E-state index contributed by atoms with van der Waals surface area (Å²) >= 11 is 1.49. The van der Waals surface area contributed by atoms with E-state index in [0.717, 1.165) is 0 Å². The highest BCUT2D eigenvalue weighted by atomic mass is 32.2. The smallest absolute Gasteiger partial charge is 0.327 e. The molecule has 1 aliphatic rings. The summed E-state index contributed by atoms with van der Waals surface area (Å²) in [6.07, 6.45) is 1.31. The molecule has 7 nitrogen and oxygen atoms in total. The summed E-state index contributed by atoms with van der Waals surface area (Å²) in [5.74, 6) is -0.792.